The summed E-state index contributed by atoms with van der Waals surface area (Å²) in [6, 6.07) is 13.6. The molecule has 0 heterocycles. The van der Waals surface area contributed by atoms with Gasteiger partial charge in [-0.2, -0.15) is 0 Å². The first-order valence-corrected chi connectivity index (χ1v) is 10.9. The highest BCUT2D eigenvalue weighted by Gasteiger charge is 2.40. The molecule has 0 radical (unpaired) electrons. The highest BCUT2D eigenvalue weighted by Crippen LogP contribution is 2.44. The summed E-state index contributed by atoms with van der Waals surface area (Å²) < 4.78 is 27.9. The first kappa shape index (κ1) is 18.0. The van der Waals surface area contributed by atoms with Gasteiger partial charge in [0.25, 0.3) is 15.9 Å². The number of rotatable bonds is 5. The van der Waals surface area contributed by atoms with Gasteiger partial charge in [-0.15, -0.1) is 0 Å². The molecule has 27 heavy (non-hydrogen) atoms. The minimum atomic E-state index is -3.75. The molecule has 5 nitrogen and oxygen atoms in total. The van der Waals surface area contributed by atoms with E-state index in [-0.39, 0.29) is 16.8 Å². The first-order chi connectivity index (χ1) is 12.9. The minimum Gasteiger partial charge on any atom is -0.349 e. The number of aryl methyl sites for hydroxylation is 1. The van der Waals surface area contributed by atoms with Crippen LogP contribution in [0.3, 0.4) is 0 Å². The van der Waals surface area contributed by atoms with Crippen LogP contribution in [0.5, 0.6) is 0 Å². The molecule has 2 aromatic rings. The van der Waals surface area contributed by atoms with Crippen molar-refractivity contribution in [2.75, 3.05) is 4.72 Å². The molecule has 0 spiro atoms. The van der Waals surface area contributed by atoms with Crippen LogP contribution in [0.15, 0.2) is 53.4 Å². The monoisotopic (exact) mass is 384 g/mol. The van der Waals surface area contributed by atoms with Gasteiger partial charge in [0.05, 0.1) is 4.90 Å². The Morgan fingerprint density at radius 1 is 1.04 bits per heavy atom. The van der Waals surface area contributed by atoms with Crippen LogP contribution >= 0.6 is 0 Å². The zero-order valence-corrected chi connectivity index (χ0v) is 16.1. The Balaban J connectivity index is 1.49. The SMILES string of the molecule is Cc1ccc(NS(=O)(=O)c2cccc(C(=O)N[C@H]3C[C@H]4CC[C@@H]3C4)c2)cc1. The van der Waals surface area contributed by atoms with Crippen molar-refractivity contribution in [2.24, 2.45) is 11.8 Å². The van der Waals surface area contributed by atoms with Gasteiger partial charge in [0.15, 0.2) is 0 Å². The Morgan fingerprint density at radius 3 is 2.48 bits per heavy atom. The number of amides is 1. The number of carbonyl (C=O) groups is 1. The molecule has 3 atom stereocenters. The lowest BCUT2D eigenvalue weighted by molar-refractivity contribution is 0.0922. The molecule has 2 aliphatic rings. The van der Waals surface area contributed by atoms with Crippen LogP contribution < -0.4 is 10.0 Å². The number of hydrogen-bond acceptors (Lipinski definition) is 3. The fourth-order valence-electron chi connectivity index (χ4n) is 4.31. The Morgan fingerprint density at radius 2 is 1.81 bits per heavy atom. The standard InChI is InChI=1S/C21H24N2O3S/c1-14-5-9-18(10-6-14)23-27(25,26)19-4-2-3-17(13-19)21(24)22-20-12-15-7-8-16(20)11-15/h2-6,9-10,13,15-16,20,23H,7-8,11-12H2,1H3,(H,22,24)/t15-,16+,20-/m0/s1. The van der Waals surface area contributed by atoms with E-state index in [2.05, 4.69) is 10.0 Å². The highest BCUT2D eigenvalue weighted by molar-refractivity contribution is 7.92. The number of hydrogen-bond donors (Lipinski definition) is 2. The Labute approximate surface area is 160 Å². The summed E-state index contributed by atoms with van der Waals surface area (Å²) in [5.41, 5.74) is 1.93. The molecule has 2 saturated carbocycles. The maximum atomic E-state index is 12.7. The quantitative estimate of drug-likeness (QED) is 0.825. The molecule has 6 heteroatoms. The second-order valence-corrected chi connectivity index (χ2v) is 9.44. The van der Waals surface area contributed by atoms with Crippen molar-refractivity contribution in [1.82, 2.24) is 5.32 Å². The van der Waals surface area contributed by atoms with E-state index in [1.807, 2.05) is 19.1 Å². The number of sulfonamides is 1. The number of benzene rings is 2. The van der Waals surface area contributed by atoms with Gasteiger partial charge >= 0.3 is 0 Å². The number of fused-ring (bicyclic) bond motifs is 2. The topological polar surface area (TPSA) is 75.3 Å². The van der Waals surface area contributed by atoms with Crippen molar-refractivity contribution in [1.29, 1.82) is 0 Å². The molecule has 1 amide bonds. The van der Waals surface area contributed by atoms with E-state index in [4.69, 9.17) is 0 Å². The summed E-state index contributed by atoms with van der Waals surface area (Å²) in [4.78, 5) is 12.7. The number of anilines is 1. The fourth-order valence-corrected chi connectivity index (χ4v) is 5.42. The molecule has 0 unspecified atom stereocenters. The molecule has 0 saturated heterocycles. The van der Waals surface area contributed by atoms with E-state index >= 15 is 0 Å². The Bertz CT molecular complexity index is 954. The number of carbonyl (C=O) groups excluding carboxylic acids is 1. The maximum Gasteiger partial charge on any atom is 0.261 e. The minimum absolute atomic E-state index is 0.0867. The van der Waals surface area contributed by atoms with Crippen molar-refractivity contribution < 1.29 is 13.2 Å². The zero-order chi connectivity index (χ0) is 19.0. The van der Waals surface area contributed by atoms with Gasteiger partial charge in [-0.1, -0.05) is 30.2 Å². The van der Waals surface area contributed by atoms with E-state index < -0.39 is 10.0 Å². The van der Waals surface area contributed by atoms with Gasteiger partial charge in [0.2, 0.25) is 0 Å². The molecule has 0 aliphatic heterocycles. The Kier molecular flexibility index (Phi) is 4.68. The van der Waals surface area contributed by atoms with Crippen LogP contribution in [0.2, 0.25) is 0 Å². The molecule has 4 rings (SSSR count). The van der Waals surface area contributed by atoms with Gasteiger partial charge in [0.1, 0.15) is 0 Å². The fraction of sp³-hybridized carbons (Fsp3) is 0.381. The van der Waals surface area contributed by atoms with E-state index in [9.17, 15) is 13.2 Å². The van der Waals surface area contributed by atoms with E-state index in [0.717, 1.165) is 17.9 Å². The lowest BCUT2D eigenvalue weighted by Gasteiger charge is -2.23. The average Bonchev–Trinajstić information content (AvgIpc) is 3.27. The van der Waals surface area contributed by atoms with Crippen molar-refractivity contribution in [2.45, 2.75) is 43.5 Å². The molecular formula is C21H24N2O3S. The van der Waals surface area contributed by atoms with Gasteiger partial charge in [-0.25, -0.2) is 8.42 Å². The van der Waals surface area contributed by atoms with Gasteiger partial charge < -0.3 is 5.32 Å². The maximum absolute atomic E-state index is 12.7. The summed E-state index contributed by atoms with van der Waals surface area (Å²) in [5.74, 6) is 1.12. The van der Waals surface area contributed by atoms with Gasteiger partial charge in [-0.05, 0) is 68.4 Å². The van der Waals surface area contributed by atoms with Crippen LogP contribution in [-0.4, -0.2) is 20.4 Å². The summed E-state index contributed by atoms with van der Waals surface area (Å²) in [6.45, 7) is 1.94. The van der Waals surface area contributed by atoms with Crippen molar-refractivity contribution in [3.63, 3.8) is 0 Å². The summed E-state index contributed by atoms with van der Waals surface area (Å²) >= 11 is 0. The lowest BCUT2D eigenvalue weighted by atomic mass is 9.95. The van der Waals surface area contributed by atoms with Crippen LogP contribution in [-0.2, 0) is 10.0 Å². The van der Waals surface area contributed by atoms with E-state index in [0.29, 0.717) is 17.2 Å². The summed E-state index contributed by atoms with van der Waals surface area (Å²) in [6.07, 6.45) is 4.71. The second kappa shape index (κ2) is 7.00. The molecule has 2 fully saturated rings. The molecule has 2 N–H and O–H groups in total. The zero-order valence-electron chi connectivity index (χ0n) is 15.3. The first-order valence-electron chi connectivity index (χ1n) is 9.41. The average molecular weight is 385 g/mol. The predicted octanol–water partition coefficient (Wildman–Crippen LogP) is 3.71. The molecule has 0 aromatic heterocycles. The molecule has 2 aliphatic carbocycles. The van der Waals surface area contributed by atoms with Crippen molar-refractivity contribution >= 4 is 21.6 Å². The number of nitrogens with one attached hydrogen (secondary N) is 2. The van der Waals surface area contributed by atoms with Crippen LogP contribution in [0.1, 0.15) is 41.6 Å². The highest BCUT2D eigenvalue weighted by atomic mass is 32.2. The normalized spacial score (nSPS) is 24.0. The smallest absolute Gasteiger partial charge is 0.261 e. The Hall–Kier alpha value is -2.34. The third kappa shape index (κ3) is 3.86. The third-order valence-electron chi connectivity index (χ3n) is 5.76. The van der Waals surface area contributed by atoms with Crippen LogP contribution in [0.4, 0.5) is 5.69 Å². The van der Waals surface area contributed by atoms with Crippen molar-refractivity contribution in [3.05, 3.63) is 59.7 Å². The lowest BCUT2D eigenvalue weighted by Crippen LogP contribution is -2.38. The van der Waals surface area contributed by atoms with Gasteiger partial charge in [-0.3, -0.25) is 9.52 Å². The molecule has 142 valence electrons. The largest absolute Gasteiger partial charge is 0.349 e. The van der Waals surface area contributed by atoms with Crippen LogP contribution in [0.25, 0.3) is 0 Å². The summed E-state index contributed by atoms with van der Waals surface area (Å²) in [7, 11) is -3.75. The van der Waals surface area contributed by atoms with Gasteiger partial charge in [0, 0.05) is 17.3 Å². The third-order valence-corrected chi connectivity index (χ3v) is 7.14. The van der Waals surface area contributed by atoms with E-state index in [1.54, 1.807) is 24.3 Å². The molecule has 2 bridgehead atoms. The molecule has 2 aromatic carbocycles. The summed E-state index contributed by atoms with van der Waals surface area (Å²) in [5, 5.41) is 3.11. The predicted molar refractivity (Wildman–Crippen MR) is 105 cm³/mol. The second-order valence-electron chi connectivity index (χ2n) is 7.75. The molecular weight excluding hydrogens is 360 g/mol. The van der Waals surface area contributed by atoms with Crippen molar-refractivity contribution in [3.8, 4) is 0 Å². The van der Waals surface area contributed by atoms with E-state index in [1.165, 1.54) is 31.4 Å². The van der Waals surface area contributed by atoms with Crippen LogP contribution in [0, 0.1) is 18.8 Å².